The number of aryl methyl sites for hydroxylation is 1. The van der Waals surface area contributed by atoms with Gasteiger partial charge in [-0.05, 0) is 45.7 Å². The van der Waals surface area contributed by atoms with Crippen molar-refractivity contribution in [3.8, 4) is 11.3 Å². The van der Waals surface area contributed by atoms with Gasteiger partial charge in [0.25, 0.3) is 0 Å². The van der Waals surface area contributed by atoms with Crippen molar-refractivity contribution in [3.63, 3.8) is 0 Å². The van der Waals surface area contributed by atoms with Gasteiger partial charge in [0, 0.05) is 17.6 Å². The fraction of sp³-hybridized carbons (Fsp3) is 0.471. The van der Waals surface area contributed by atoms with E-state index in [-0.39, 0.29) is 0 Å². The summed E-state index contributed by atoms with van der Waals surface area (Å²) < 4.78 is 2.38. The molecule has 0 radical (unpaired) electrons. The first-order chi connectivity index (χ1) is 9.78. The van der Waals surface area contributed by atoms with Crippen LogP contribution in [0.2, 0.25) is 0 Å². The standard InChI is InChI=1S/C17H23N3/c1-13-4-3-5-14(10-13)17-11-19-12-20(17)16-8-6-15(18-2)7-9-16/h3-5,10-12,15-16,18H,6-9H2,1-2H3. The first-order valence-electron chi connectivity index (χ1n) is 7.54. The van der Waals surface area contributed by atoms with Crippen LogP contribution in [0.1, 0.15) is 37.3 Å². The molecule has 0 amide bonds. The van der Waals surface area contributed by atoms with E-state index in [0.29, 0.717) is 12.1 Å². The SMILES string of the molecule is CNC1CCC(n2cncc2-c2cccc(C)c2)CC1. The number of hydrogen-bond donors (Lipinski definition) is 1. The largest absolute Gasteiger partial charge is 0.328 e. The Labute approximate surface area is 121 Å². The zero-order chi connectivity index (χ0) is 13.9. The highest BCUT2D eigenvalue weighted by molar-refractivity contribution is 5.60. The van der Waals surface area contributed by atoms with E-state index in [2.05, 4.69) is 53.1 Å². The lowest BCUT2D eigenvalue weighted by Crippen LogP contribution is -2.31. The molecule has 0 saturated heterocycles. The van der Waals surface area contributed by atoms with Crippen LogP contribution in [0, 0.1) is 6.92 Å². The first kappa shape index (κ1) is 13.4. The van der Waals surface area contributed by atoms with Gasteiger partial charge in [-0.2, -0.15) is 0 Å². The molecule has 2 aromatic rings. The molecule has 0 aliphatic heterocycles. The van der Waals surface area contributed by atoms with Crippen LogP contribution in [-0.2, 0) is 0 Å². The summed E-state index contributed by atoms with van der Waals surface area (Å²) >= 11 is 0. The van der Waals surface area contributed by atoms with Crippen molar-refractivity contribution in [2.75, 3.05) is 7.05 Å². The van der Waals surface area contributed by atoms with E-state index in [0.717, 1.165) is 0 Å². The van der Waals surface area contributed by atoms with Crippen molar-refractivity contribution in [1.29, 1.82) is 0 Å². The molecule has 3 nitrogen and oxygen atoms in total. The summed E-state index contributed by atoms with van der Waals surface area (Å²) in [6.45, 7) is 2.14. The van der Waals surface area contributed by atoms with E-state index in [1.165, 1.54) is 42.5 Å². The van der Waals surface area contributed by atoms with Gasteiger partial charge in [0.15, 0.2) is 0 Å². The van der Waals surface area contributed by atoms with Gasteiger partial charge in [-0.25, -0.2) is 4.98 Å². The van der Waals surface area contributed by atoms with E-state index < -0.39 is 0 Å². The first-order valence-corrected chi connectivity index (χ1v) is 7.54. The summed E-state index contributed by atoms with van der Waals surface area (Å²) in [4.78, 5) is 4.39. The molecule has 1 aromatic heterocycles. The maximum absolute atomic E-state index is 4.39. The molecule has 1 N–H and O–H groups in total. The molecule has 1 aliphatic rings. The molecule has 1 fully saturated rings. The minimum absolute atomic E-state index is 0.595. The highest BCUT2D eigenvalue weighted by Crippen LogP contribution is 2.32. The van der Waals surface area contributed by atoms with Gasteiger partial charge in [-0.15, -0.1) is 0 Å². The Balaban J connectivity index is 1.84. The Morgan fingerprint density at radius 3 is 2.70 bits per heavy atom. The monoisotopic (exact) mass is 269 g/mol. The summed E-state index contributed by atoms with van der Waals surface area (Å²) in [6.07, 6.45) is 8.99. The minimum atomic E-state index is 0.595. The predicted octanol–water partition coefficient (Wildman–Crippen LogP) is 3.56. The second-order valence-electron chi connectivity index (χ2n) is 5.85. The molecule has 1 saturated carbocycles. The predicted molar refractivity (Wildman–Crippen MR) is 82.8 cm³/mol. The third-order valence-corrected chi connectivity index (χ3v) is 4.48. The third-order valence-electron chi connectivity index (χ3n) is 4.48. The average Bonchev–Trinajstić information content (AvgIpc) is 2.97. The second kappa shape index (κ2) is 5.80. The molecule has 0 spiro atoms. The van der Waals surface area contributed by atoms with Crippen molar-refractivity contribution in [2.24, 2.45) is 0 Å². The zero-order valence-corrected chi connectivity index (χ0v) is 12.3. The maximum Gasteiger partial charge on any atom is 0.0953 e. The van der Waals surface area contributed by atoms with Crippen LogP contribution >= 0.6 is 0 Å². The van der Waals surface area contributed by atoms with Crippen LogP contribution in [0.4, 0.5) is 0 Å². The highest BCUT2D eigenvalue weighted by Gasteiger charge is 2.22. The average molecular weight is 269 g/mol. The molecule has 1 aromatic carbocycles. The van der Waals surface area contributed by atoms with E-state index in [4.69, 9.17) is 0 Å². The van der Waals surface area contributed by atoms with Gasteiger partial charge in [0.1, 0.15) is 0 Å². The fourth-order valence-electron chi connectivity index (χ4n) is 3.27. The van der Waals surface area contributed by atoms with E-state index in [9.17, 15) is 0 Å². The Bertz CT molecular complexity index is 565. The normalized spacial score (nSPS) is 22.9. The molecule has 1 heterocycles. The van der Waals surface area contributed by atoms with Crippen LogP contribution in [0.3, 0.4) is 0 Å². The molecule has 0 atom stereocenters. The lowest BCUT2D eigenvalue weighted by molar-refractivity contribution is 0.302. The lowest BCUT2D eigenvalue weighted by atomic mass is 9.91. The van der Waals surface area contributed by atoms with Crippen LogP contribution in [0.5, 0.6) is 0 Å². The fourth-order valence-corrected chi connectivity index (χ4v) is 3.27. The number of aromatic nitrogens is 2. The van der Waals surface area contributed by atoms with Crippen molar-refractivity contribution in [2.45, 2.75) is 44.7 Å². The molecule has 3 rings (SSSR count). The molecular formula is C17H23N3. The summed E-state index contributed by atoms with van der Waals surface area (Å²) in [6, 6.07) is 9.98. The Morgan fingerprint density at radius 1 is 1.20 bits per heavy atom. The molecule has 20 heavy (non-hydrogen) atoms. The number of rotatable bonds is 3. The second-order valence-corrected chi connectivity index (χ2v) is 5.85. The van der Waals surface area contributed by atoms with Crippen molar-refractivity contribution in [3.05, 3.63) is 42.4 Å². The van der Waals surface area contributed by atoms with Gasteiger partial charge >= 0.3 is 0 Å². The Morgan fingerprint density at radius 2 is 2.00 bits per heavy atom. The van der Waals surface area contributed by atoms with Crippen molar-refractivity contribution >= 4 is 0 Å². The van der Waals surface area contributed by atoms with E-state index in [1.807, 2.05) is 12.5 Å². The molecule has 3 heteroatoms. The van der Waals surface area contributed by atoms with Gasteiger partial charge in [-0.1, -0.05) is 23.8 Å². The van der Waals surface area contributed by atoms with Crippen LogP contribution < -0.4 is 5.32 Å². The molecular weight excluding hydrogens is 246 g/mol. The third kappa shape index (κ3) is 2.63. The van der Waals surface area contributed by atoms with Crippen LogP contribution in [-0.4, -0.2) is 22.6 Å². The maximum atomic E-state index is 4.39. The van der Waals surface area contributed by atoms with Gasteiger partial charge in [0.05, 0.1) is 18.2 Å². The molecule has 0 unspecified atom stereocenters. The van der Waals surface area contributed by atoms with Crippen molar-refractivity contribution < 1.29 is 0 Å². The van der Waals surface area contributed by atoms with Crippen molar-refractivity contribution in [1.82, 2.24) is 14.9 Å². The number of nitrogens with zero attached hydrogens (tertiary/aromatic N) is 2. The highest BCUT2D eigenvalue weighted by atomic mass is 15.1. The van der Waals surface area contributed by atoms with Gasteiger partial charge in [-0.3, -0.25) is 0 Å². The summed E-state index contributed by atoms with van der Waals surface area (Å²) in [7, 11) is 2.07. The lowest BCUT2D eigenvalue weighted by Gasteiger charge is -2.30. The summed E-state index contributed by atoms with van der Waals surface area (Å²) in [5.74, 6) is 0. The van der Waals surface area contributed by atoms with Gasteiger partial charge in [0.2, 0.25) is 0 Å². The smallest absolute Gasteiger partial charge is 0.0953 e. The molecule has 106 valence electrons. The van der Waals surface area contributed by atoms with Crippen LogP contribution in [0.25, 0.3) is 11.3 Å². The Kier molecular flexibility index (Phi) is 3.88. The number of nitrogens with one attached hydrogen (secondary N) is 1. The minimum Gasteiger partial charge on any atom is -0.328 e. The number of benzene rings is 1. The van der Waals surface area contributed by atoms with E-state index in [1.54, 1.807) is 0 Å². The van der Waals surface area contributed by atoms with Crippen LogP contribution in [0.15, 0.2) is 36.8 Å². The number of hydrogen-bond acceptors (Lipinski definition) is 2. The number of imidazole rings is 1. The summed E-state index contributed by atoms with van der Waals surface area (Å²) in [5, 5.41) is 3.40. The summed E-state index contributed by atoms with van der Waals surface area (Å²) in [5.41, 5.74) is 3.83. The molecule has 1 aliphatic carbocycles. The Hall–Kier alpha value is -1.61. The quantitative estimate of drug-likeness (QED) is 0.923. The van der Waals surface area contributed by atoms with E-state index >= 15 is 0 Å². The topological polar surface area (TPSA) is 29.9 Å². The van der Waals surface area contributed by atoms with Gasteiger partial charge < -0.3 is 9.88 Å². The zero-order valence-electron chi connectivity index (χ0n) is 12.3. The molecule has 0 bridgehead atoms.